The summed E-state index contributed by atoms with van der Waals surface area (Å²) in [4.78, 5) is 11.6. The van der Waals surface area contributed by atoms with Gasteiger partial charge in [-0.15, -0.1) is 0 Å². The summed E-state index contributed by atoms with van der Waals surface area (Å²) in [6.45, 7) is 1.96. The topological polar surface area (TPSA) is 34.0 Å². The fourth-order valence-corrected chi connectivity index (χ4v) is 1.34. The summed E-state index contributed by atoms with van der Waals surface area (Å²) in [6, 6.07) is 2.31. The van der Waals surface area contributed by atoms with Crippen molar-refractivity contribution in [3.05, 3.63) is 23.5 Å². The lowest BCUT2D eigenvalue weighted by molar-refractivity contribution is 0.0950. The summed E-state index contributed by atoms with van der Waals surface area (Å²) in [5, 5.41) is 2.97. The molecule has 0 radical (unpaired) electrons. The van der Waals surface area contributed by atoms with Gasteiger partial charge in [0.25, 0.3) is 5.91 Å². The molecule has 0 saturated heterocycles. The molecule has 70 valence electrons. The standard InChI is InChI=1S/C10H14N2O/c1-7-9(5-6-12(7)2)10(13)11-8-3-4-8/h5-6,8H,3-4H2,1-2H3,(H,11,13). The Kier molecular flexibility index (Phi) is 1.87. The molecule has 0 aliphatic heterocycles. The van der Waals surface area contributed by atoms with Crippen LogP contribution < -0.4 is 5.32 Å². The van der Waals surface area contributed by atoms with Crippen molar-refractivity contribution in [2.45, 2.75) is 25.8 Å². The fraction of sp³-hybridized carbons (Fsp3) is 0.500. The second-order valence-corrected chi connectivity index (χ2v) is 3.67. The van der Waals surface area contributed by atoms with Crippen LogP contribution in [0.25, 0.3) is 0 Å². The van der Waals surface area contributed by atoms with Gasteiger partial charge in [0, 0.05) is 25.0 Å². The summed E-state index contributed by atoms with van der Waals surface area (Å²) in [5.41, 5.74) is 1.83. The first-order valence-electron chi connectivity index (χ1n) is 4.61. The van der Waals surface area contributed by atoms with Gasteiger partial charge in [-0.3, -0.25) is 4.79 Å². The number of hydrogen-bond acceptors (Lipinski definition) is 1. The molecule has 0 spiro atoms. The van der Waals surface area contributed by atoms with E-state index in [2.05, 4.69) is 5.32 Å². The largest absolute Gasteiger partial charge is 0.354 e. The average Bonchev–Trinajstić information content (AvgIpc) is 2.82. The highest BCUT2D eigenvalue weighted by atomic mass is 16.1. The van der Waals surface area contributed by atoms with Gasteiger partial charge in [-0.05, 0) is 25.8 Å². The average molecular weight is 178 g/mol. The van der Waals surface area contributed by atoms with Gasteiger partial charge in [-0.2, -0.15) is 0 Å². The van der Waals surface area contributed by atoms with Crippen molar-refractivity contribution in [1.29, 1.82) is 0 Å². The highest BCUT2D eigenvalue weighted by molar-refractivity contribution is 5.95. The molecule has 0 bridgehead atoms. The van der Waals surface area contributed by atoms with Crippen molar-refractivity contribution in [2.75, 3.05) is 0 Å². The zero-order chi connectivity index (χ0) is 9.42. The van der Waals surface area contributed by atoms with Crippen molar-refractivity contribution in [1.82, 2.24) is 9.88 Å². The van der Waals surface area contributed by atoms with E-state index in [1.54, 1.807) is 0 Å². The molecule has 3 heteroatoms. The summed E-state index contributed by atoms with van der Waals surface area (Å²) in [6.07, 6.45) is 4.19. The maximum atomic E-state index is 11.6. The Labute approximate surface area is 77.7 Å². The molecule has 0 unspecified atom stereocenters. The van der Waals surface area contributed by atoms with Crippen molar-refractivity contribution in [3.63, 3.8) is 0 Å². The van der Waals surface area contributed by atoms with Gasteiger partial charge >= 0.3 is 0 Å². The molecule has 1 N–H and O–H groups in total. The molecule has 3 nitrogen and oxygen atoms in total. The third kappa shape index (κ3) is 1.59. The van der Waals surface area contributed by atoms with Crippen LogP contribution in [-0.4, -0.2) is 16.5 Å². The van der Waals surface area contributed by atoms with Crippen LogP contribution in [-0.2, 0) is 7.05 Å². The predicted octanol–water partition coefficient (Wildman–Crippen LogP) is 1.23. The number of nitrogens with one attached hydrogen (secondary N) is 1. The molecule has 1 aromatic rings. The van der Waals surface area contributed by atoms with Gasteiger partial charge < -0.3 is 9.88 Å². The lowest BCUT2D eigenvalue weighted by atomic mass is 10.2. The van der Waals surface area contributed by atoms with Crippen LogP contribution in [0.15, 0.2) is 12.3 Å². The van der Waals surface area contributed by atoms with Crippen molar-refractivity contribution >= 4 is 5.91 Å². The second-order valence-electron chi connectivity index (χ2n) is 3.67. The number of aromatic nitrogens is 1. The summed E-state index contributed by atoms with van der Waals surface area (Å²) in [5.74, 6) is 0.0700. The van der Waals surface area contributed by atoms with Crippen LogP contribution in [0.5, 0.6) is 0 Å². The Morgan fingerprint density at radius 2 is 2.31 bits per heavy atom. The van der Waals surface area contributed by atoms with Crippen LogP contribution in [0.2, 0.25) is 0 Å². The van der Waals surface area contributed by atoms with Crippen LogP contribution >= 0.6 is 0 Å². The molecule has 1 amide bonds. The number of hydrogen-bond donors (Lipinski definition) is 1. The first-order valence-corrected chi connectivity index (χ1v) is 4.61. The van der Waals surface area contributed by atoms with Crippen molar-refractivity contribution in [2.24, 2.45) is 7.05 Å². The quantitative estimate of drug-likeness (QED) is 0.726. The lowest BCUT2D eigenvalue weighted by Crippen LogP contribution is -2.25. The third-order valence-electron chi connectivity index (χ3n) is 2.54. The highest BCUT2D eigenvalue weighted by Gasteiger charge is 2.24. The summed E-state index contributed by atoms with van der Waals surface area (Å²) < 4.78 is 1.96. The normalized spacial score (nSPS) is 15.8. The summed E-state index contributed by atoms with van der Waals surface area (Å²) in [7, 11) is 1.95. The molecule has 1 aromatic heterocycles. The highest BCUT2D eigenvalue weighted by Crippen LogP contribution is 2.20. The molecule has 1 saturated carbocycles. The van der Waals surface area contributed by atoms with E-state index in [1.807, 2.05) is 30.8 Å². The van der Waals surface area contributed by atoms with Crippen LogP contribution in [0.4, 0.5) is 0 Å². The smallest absolute Gasteiger partial charge is 0.253 e. The van der Waals surface area contributed by atoms with E-state index in [-0.39, 0.29) is 5.91 Å². The van der Waals surface area contributed by atoms with Gasteiger partial charge in [0.05, 0.1) is 5.56 Å². The van der Waals surface area contributed by atoms with Gasteiger partial charge in [0.15, 0.2) is 0 Å². The Morgan fingerprint density at radius 3 is 2.77 bits per heavy atom. The number of carbonyl (C=O) groups excluding carboxylic acids is 1. The zero-order valence-corrected chi connectivity index (χ0v) is 8.00. The SMILES string of the molecule is Cc1c(C(=O)NC2CC2)ccn1C. The predicted molar refractivity (Wildman–Crippen MR) is 50.6 cm³/mol. The van der Waals surface area contributed by atoms with E-state index in [9.17, 15) is 4.79 Å². The molecule has 13 heavy (non-hydrogen) atoms. The number of aryl methyl sites for hydroxylation is 1. The van der Waals surface area contributed by atoms with E-state index in [4.69, 9.17) is 0 Å². The van der Waals surface area contributed by atoms with E-state index >= 15 is 0 Å². The van der Waals surface area contributed by atoms with Gasteiger partial charge in [0.1, 0.15) is 0 Å². The number of amides is 1. The number of carbonyl (C=O) groups is 1. The molecular weight excluding hydrogens is 164 g/mol. The molecule has 1 fully saturated rings. The van der Waals surface area contributed by atoms with Crippen LogP contribution in [0, 0.1) is 6.92 Å². The monoisotopic (exact) mass is 178 g/mol. The molecule has 1 aliphatic rings. The minimum Gasteiger partial charge on any atom is -0.354 e. The van der Waals surface area contributed by atoms with E-state index < -0.39 is 0 Å². The molecular formula is C10H14N2O. The van der Waals surface area contributed by atoms with E-state index in [0.29, 0.717) is 6.04 Å². The van der Waals surface area contributed by atoms with Gasteiger partial charge in [0.2, 0.25) is 0 Å². The maximum absolute atomic E-state index is 11.6. The maximum Gasteiger partial charge on any atom is 0.253 e. The Hall–Kier alpha value is -1.25. The van der Waals surface area contributed by atoms with Crippen LogP contribution in [0.1, 0.15) is 28.9 Å². The fourth-order valence-electron chi connectivity index (χ4n) is 1.34. The molecule has 1 heterocycles. The van der Waals surface area contributed by atoms with Crippen molar-refractivity contribution in [3.8, 4) is 0 Å². The van der Waals surface area contributed by atoms with E-state index in [1.165, 1.54) is 0 Å². The minimum atomic E-state index is 0.0700. The Morgan fingerprint density at radius 1 is 1.62 bits per heavy atom. The van der Waals surface area contributed by atoms with Crippen LogP contribution in [0.3, 0.4) is 0 Å². The third-order valence-corrected chi connectivity index (χ3v) is 2.54. The summed E-state index contributed by atoms with van der Waals surface area (Å²) >= 11 is 0. The molecule has 2 rings (SSSR count). The van der Waals surface area contributed by atoms with Crippen molar-refractivity contribution < 1.29 is 4.79 Å². The van der Waals surface area contributed by atoms with Gasteiger partial charge in [-0.1, -0.05) is 0 Å². The molecule has 0 atom stereocenters. The Bertz CT molecular complexity index is 337. The second kappa shape index (κ2) is 2.91. The minimum absolute atomic E-state index is 0.0700. The van der Waals surface area contributed by atoms with Gasteiger partial charge in [-0.25, -0.2) is 0 Å². The first kappa shape index (κ1) is 8.35. The molecule has 0 aromatic carbocycles. The lowest BCUT2D eigenvalue weighted by Gasteiger charge is -2.02. The number of nitrogens with zero attached hydrogens (tertiary/aromatic N) is 1. The van der Waals surface area contributed by atoms with E-state index in [0.717, 1.165) is 24.1 Å². The number of rotatable bonds is 2. The molecule has 1 aliphatic carbocycles. The first-order chi connectivity index (χ1) is 6.18. The zero-order valence-electron chi connectivity index (χ0n) is 8.00. The Balaban J connectivity index is 2.14.